The fraction of sp³-hybridized carbons (Fsp3) is 0.391. The highest BCUT2D eigenvalue weighted by atomic mass is 19.1. The van der Waals surface area contributed by atoms with Crippen LogP contribution in [0.5, 0.6) is 5.75 Å². The number of primary amides is 1. The summed E-state index contributed by atoms with van der Waals surface area (Å²) in [5, 5.41) is 3.18. The molecule has 3 rings (SSSR count). The summed E-state index contributed by atoms with van der Waals surface area (Å²) in [7, 11) is 1.52. The van der Waals surface area contributed by atoms with Gasteiger partial charge in [-0.3, -0.25) is 10.1 Å². The van der Waals surface area contributed by atoms with Crippen LogP contribution < -0.4 is 15.8 Å². The van der Waals surface area contributed by atoms with Gasteiger partial charge in [-0.2, -0.15) is 0 Å². The van der Waals surface area contributed by atoms with E-state index < -0.39 is 11.4 Å². The lowest BCUT2D eigenvalue weighted by molar-refractivity contribution is -0.123. The minimum atomic E-state index is -0.866. The number of hydrogen-bond donors (Lipinski definition) is 2. The van der Waals surface area contributed by atoms with Crippen molar-refractivity contribution in [2.75, 3.05) is 20.3 Å². The topological polar surface area (TPSA) is 91.4 Å². The molecule has 0 aliphatic heterocycles. The van der Waals surface area contributed by atoms with Crippen molar-refractivity contribution >= 4 is 16.9 Å². The highest BCUT2D eigenvalue weighted by Gasteiger charge is 2.25. The van der Waals surface area contributed by atoms with Crippen molar-refractivity contribution < 1.29 is 18.7 Å². The molecule has 7 nitrogen and oxygen atoms in total. The van der Waals surface area contributed by atoms with Crippen LogP contribution >= 0.6 is 0 Å². The number of fused-ring (bicyclic) bond motifs is 1. The first-order valence-corrected chi connectivity index (χ1v) is 10.2. The molecule has 0 atom stereocenters. The van der Waals surface area contributed by atoms with Crippen LogP contribution in [0.1, 0.15) is 26.6 Å². The third-order valence-corrected chi connectivity index (χ3v) is 5.27. The van der Waals surface area contributed by atoms with Crippen molar-refractivity contribution in [2.45, 2.75) is 39.4 Å². The third kappa shape index (κ3) is 5.03. The molecule has 0 spiro atoms. The number of nitrogens with zero attached hydrogens (tertiary/aromatic N) is 2. The number of amides is 1. The summed E-state index contributed by atoms with van der Waals surface area (Å²) in [6.45, 7) is 7.53. The molecule has 0 saturated heterocycles. The second-order valence-electron chi connectivity index (χ2n) is 7.77. The van der Waals surface area contributed by atoms with Crippen LogP contribution in [0, 0.1) is 5.82 Å². The summed E-state index contributed by atoms with van der Waals surface area (Å²) in [4.78, 5) is 16.4. The predicted molar refractivity (Wildman–Crippen MR) is 118 cm³/mol. The van der Waals surface area contributed by atoms with Gasteiger partial charge >= 0.3 is 0 Å². The minimum absolute atomic E-state index is 0.353. The van der Waals surface area contributed by atoms with Crippen LogP contribution in [-0.2, 0) is 22.6 Å². The number of benzene rings is 2. The van der Waals surface area contributed by atoms with Gasteiger partial charge in [0.05, 0.1) is 36.8 Å². The van der Waals surface area contributed by atoms with E-state index in [1.807, 2.05) is 25.1 Å². The predicted octanol–water partition coefficient (Wildman–Crippen LogP) is 3.24. The molecule has 3 aromatic rings. The Morgan fingerprint density at radius 1 is 1.26 bits per heavy atom. The molecule has 0 bridgehead atoms. The Balaban J connectivity index is 2.03. The number of hydrogen-bond acceptors (Lipinski definition) is 5. The van der Waals surface area contributed by atoms with E-state index in [2.05, 4.69) is 9.88 Å². The van der Waals surface area contributed by atoms with E-state index in [0.29, 0.717) is 32.1 Å². The number of nitrogens with one attached hydrogen (secondary N) is 1. The van der Waals surface area contributed by atoms with Crippen molar-refractivity contribution in [1.82, 2.24) is 14.9 Å². The second kappa shape index (κ2) is 9.45. The van der Waals surface area contributed by atoms with E-state index in [4.69, 9.17) is 20.2 Å². The first-order valence-electron chi connectivity index (χ1n) is 10.2. The molecule has 31 heavy (non-hydrogen) atoms. The maximum atomic E-state index is 13.6. The van der Waals surface area contributed by atoms with Crippen LogP contribution in [0.15, 0.2) is 36.4 Å². The lowest BCUT2D eigenvalue weighted by Crippen LogP contribution is -2.50. The second-order valence-corrected chi connectivity index (χ2v) is 7.77. The largest absolute Gasteiger partial charge is 0.496 e. The van der Waals surface area contributed by atoms with Crippen molar-refractivity contribution in [3.05, 3.63) is 48.0 Å². The van der Waals surface area contributed by atoms with Crippen molar-refractivity contribution in [1.29, 1.82) is 0 Å². The Hall–Kier alpha value is -2.97. The van der Waals surface area contributed by atoms with Gasteiger partial charge in [0, 0.05) is 24.8 Å². The van der Waals surface area contributed by atoms with E-state index in [1.165, 1.54) is 19.2 Å². The molecule has 0 unspecified atom stereocenters. The summed E-state index contributed by atoms with van der Waals surface area (Å²) >= 11 is 0. The molecule has 0 aliphatic carbocycles. The molecule has 0 saturated carbocycles. The number of carbonyl (C=O) groups excluding carboxylic acids is 1. The Morgan fingerprint density at radius 3 is 2.71 bits per heavy atom. The van der Waals surface area contributed by atoms with Gasteiger partial charge in [0.2, 0.25) is 5.91 Å². The summed E-state index contributed by atoms with van der Waals surface area (Å²) in [5.41, 5.74) is 8.02. The van der Waals surface area contributed by atoms with Gasteiger partial charge in [0.1, 0.15) is 17.4 Å². The lowest BCUT2D eigenvalue weighted by atomic mass is 10.0. The van der Waals surface area contributed by atoms with Gasteiger partial charge in [-0.1, -0.05) is 6.07 Å². The number of halogens is 1. The van der Waals surface area contributed by atoms with Crippen LogP contribution in [0.2, 0.25) is 0 Å². The van der Waals surface area contributed by atoms with Crippen LogP contribution in [0.4, 0.5) is 4.39 Å². The molecule has 1 amide bonds. The van der Waals surface area contributed by atoms with E-state index >= 15 is 0 Å². The van der Waals surface area contributed by atoms with Gasteiger partial charge in [-0.25, -0.2) is 9.37 Å². The molecule has 8 heteroatoms. The van der Waals surface area contributed by atoms with Crippen LogP contribution in [0.25, 0.3) is 22.2 Å². The van der Waals surface area contributed by atoms with E-state index in [-0.39, 0.29) is 5.82 Å². The van der Waals surface area contributed by atoms with Gasteiger partial charge in [0.15, 0.2) is 0 Å². The number of imidazole rings is 1. The fourth-order valence-corrected chi connectivity index (χ4v) is 3.32. The molecule has 2 aromatic carbocycles. The minimum Gasteiger partial charge on any atom is -0.496 e. The third-order valence-electron chi connectivity index (χ3n) is 5.27. The SMILES string of the molecule is CCOCCn1c(CNC(C)(C)C(N)=O)nc2ccc(-c3ccc(F)cc3OC)cc21. The number of aromatic nitrogens is 2. The molecule has 1 aromatic heterocycles. The number of methoxy groups -OCH3 is 1. The average Bonchev–Trinajstić information content (AvgIpc) is 3.09. The number of nitrogens with two attached hydrogens (primary N) is 1. The Morgan fingerprint density at radius 2 is 2.03 bits per heavy atom. The number of carbonyl (C=O) groups is 1. The Kier molecular flexibility index (Phi) is 6.92. The van der Waals surface area contributed by atoms with Gasteiger partial charge in [0.25, 0.3) is 0 Å². The van der Waals surface area contributed by atoms with Gasteiger partial charge in [-0.05, 0) is 50.6 Å². The van der Waals surface area contributed by atoms with E-state index in [1.54, 1.807) is 19.9 Å². The zero-order valence-corrected chi connectivity index (χ0v) is 18.4. The quantitative estimate of drug-likeness (QED) is 0.484. The lowest BCUT2D eigenvalue weighted by Gasteiger charge is -2.22. The maximum Gasteiger partial charge on any atom is 0.237 e. The first-order chi connectivity index (χ1) is 14.8. The van der Waals surface area contributed by atoms with Gasteiger partial charge < -0.3 is 19.8 Å². The summed E-state index contributed by atoms with van der Waals surface area (Å²) in [5.74, 6) is 0.445. The maximum absolute atomic E-state index is 13.6. The average molecular weight is 429 g/mol. The van der Waals surface area contributed by atoms with E-state index in [9.17, 15) is 9.18 Å². The molecule has 3 N–H and O–H groups in total. The zero-order valence-electron chi connectivity index (χ0n) is 18.4. The fourth-order valence-electron chi connectivity index (χ4n) is 3.32. The van der Waals surface area contributed by atoms with Crippen LogP contribution in [0.3, 0.4) is 0 Å². The zero-order chi connectivity index (χ0) is 22.6. The van der Waals surface area contributed by atoms with Crippen molar-refractivity contribution in [2.24, 2.45) is 5.73 Å². The van der Waals surface area contributed by atoms with Gasteiger partial charge in [-0.15, -0.1) is 0 Å². The standard InChI is InChI=1S/C23H29FN4O3/c1-5-31-11-10-28-19-12-15(17-8-7-16(24)13-20(17)30-4)6-9-18(19)27-21(28)14-26-23(2,3)22(25)29/h6-9,12-13,26H,5,10-11,14H2,1-4H3,(H2,25,29). The highest BCUT2D eigenvalue weighted by Crippen LogP contribution is 2.32. The van der Waals surface area contributed by atoms with Crippen molar-refractivity contribution in [3.8, 4) is 16.9 Å². The number of ether oxygens (including phenoxy) is 2. The van der Waals surface area contributed by atoms with Crippen molar-refractivity contribution in [3.63, 3.8) is 0 Å². The van der Waals surface area contributed by atoms with Crippen LogP contribution in [-0.4, -0.2) is 41.3 Å². The first kappa shape index (κ1) is 22.7. The number of rotatable bonds is 10. The molecule has 0 aliphatic rings. The molecule has 166 valence electrons. The highest BCUT2D eigenvalue weighted by molar-refractivity contribution is 5.85. The normalized spacial score (nSPS) is 11.8. The Labute approximate surface area is 181 Å². The molecule has 0 radical (unpaired) electrons. The molecule has 1 heterocycles. The summed E-state index contributed by atoms with van der Waals surface area (Å²) in [6.07, 6.45) is 0. The summed E-state index contributed by atoms with van der Waals surface area (Å²) in [6, 6.07) is 10.3. The monoisotopic (exact) mass is 428 g/mol. The molecular formula is C23H29FN4O3. The smallest absolute Gasteiger partial charge is 0.237 e. The molecule has 0 fully saturated rings. The summed E-state index contributed by atoms with van der Waals surface area (Å²) < 4.78 is 26.6. The Bertz CT molecular complexity index is 1080. The van der Waals surface area contributed by atoms with E-state index in [0.717, 1.165) is 28.0 Å². The molecular weight excluding hydrogens is 399 g/mol.